The van der Waals surface area contributed by atoms with Crippen molar-refractivity contribution in [3.05, 3.63) is 29.8 Å². The van der Waals surface area contributed by atoms with Crippen LogP contribution in [0.3, 0.4) is 0 Å². The topological polar surface area (TPSA) is 84.9 Å². The van der Waals surface area contributed by atoms with E-state index >= 15 is 0 Å². The predicted molar refractivity (Wildman–Crippen MR) is 84.4 cm³/mol. The molecule has 1 aromatic carbocycles. The van der Waals surface area contributed by atoms with Gasteiger partial charge < -0.3 is 19.9 Å². The Morgan fingerprint density at radius 3 is 2.48 bits per heavy atom. The van der Waals surface area contributed by atoms with Crippen molar-refractivity contribution >= 4 is 11.9 Å². The summed E-state index contributed by atoms with van der Waals surface area (Å²) in [5.74, 6) is -0.592. The Morgan fingerprint density at radius 2 is 1.91 bits per heavy atom. The van der Waals surface area contributed by atoms with Crippen LogP contribution >= 0.6 is 0 Å². The Morgan fingerprint density at radius 1 is 1.26 bits per heavy atom. The number of benzene rings is 1. The molecule has 1 saturated heterocycles. The average molecular weight is 321 g/mol. The van der Waals surface area contributed by atoms with Crippen LogP contribution in [0, 0.1) is 5.41 Å². The van der Waals surface area contributed by atoms with Gasteiger partial charge in [0.25, 0.3) is 5.91 Å². The summed E-state index contributed by atoms with van der Waals surface area (Å²) in [6, 6.07) is 7.55. The van der Waals surface area contributed by atoms with Crippen molar-refractivity contribution in [2.24, 2.45) is 5.41 Å². The van der Waals surface area contributed by atoms with Crippen LogP contribution in [0.4, 0.5) is 0 Å². The highest BCUT2D eigenvalue weighted by Crippen LogP contribution is 2.30. The van der Waals surface area contributed by atoms with E-state index < -0.39 is 11.4 Å². The van der Waals surface area contributed by atoms with Crippen LogP contribution in [-0.2, 0) is 20.7 Å². The third-order valence-corrected chi connectivity index (χ3v) is 4.23. The lowest BCUT2D eigenvalue weighted by Crippen LogP contribution is -2.47. The predicted octanol–water partition coefficient (Wildman–Crippen LogP) is 1.63. The highest BCUT2D eigenvalue weighted by atomic mass is 16.5. The van der Waals surface area contributed by atoms with E-state index in [0.717, 1.165) is 6.42 Å². The molecule has 0 aromatic heterocycles. The number of amides is 1. The highest BCUT2D eigenvalue weighted by Gasteiger charge is 2.40. The van der Waals surface area contributed by atoms with E-state index in [2.05, 4.69) is 12.2 Å². The van der Waals surface area contributed by atoms with Gasteiger partial charge in [0.2, 0.25) is 0 Å². The normalized spacial score (nSPS) is 16.6. The number of ether oxygens (including phenoxy) is 2. The summed E-state index contributed by atoms with van der Waals surface area (Å²) in [5, 5.41) is 12.1. The number of carboxylic acid groups (broad SMARTS) is 1. The van der Waals surface area contributed by atoms with Gasteiger partial charge in [0.1, 0.15) is 5.75 Å². The molecule has 2 rings (SSSR count). The Bertz CT molecular complexity index is 534. The SMILES string of the molecule is CCc1ccc(OCC(=O)NCC2(C(=O)O)CCOCC2)cc1. The van der Waals surface area contributed by atoms with Crippen molar-refractivity contribution in [2.75, 3.05) is 26.4 Å². The van der Waals surface area contributed by atoms with Crippen LogP contribution in [0.2, 0.25) is 0 Å². The number of rotatable bonds is 7. The summed E-state index contributed by atoms with van der Waals surface area (Å²) in [7, 11) is 0. The third kappa shape index (κ3) is 4.69. The maximum atomic E-state index is 11.9. The summed E-state index contributed by atoms with van der Waals surface area (Å²) in [6.45, 7) is 2.85. The van der Waals surface area contributed by atoms with E-state index in [9.17, 15) is 14.7 Å². The van der Waals surface area contributed by atoms with Gasteiger partial charge in [-0.1, -0.05) is 19.1 Å². The first kappa shape index (κ1) is 17.3. The molecule has 6 heteroatoms. The lowest BCUT2D eigenvalue weighted by molar-refractivity contribution is -0.154. The lowest BCUT2D eigenvalue weighted by Gasteiger charge is -2.33. The largest absolute Gasteiger partial charge is 0.484 e. The zero-order valence-corrected chi connectivity index (χ0v) is 13.3. The zero-order chi connectivity index (χ0) is 16.7. The molecule has 0 unspecified atom stereocenters. The molecule has 1 aliphatic heterocycles. The molecule has 2 N–H and O–H groups in total. The molecule has 6 nitrogen and oxygen atoms in total. The van der Waals surface area contributed by atoms with E-state index in [1.54, 1.807) is 0 Å². The summed E-state index contributed by atoms with van der Waals surface area (Å²) in [4.78, 5) is 23.4. The number of hydrogen-bond acceptors (Lipinski definition) is 4. The highest BCUT2D eigenvalue weighted by molar-refractivity contribution is 5.80. The molecule has 126 valence electrons. The minimum Gasteiger partial charge on any atom is -0.484 e. The second kappa shape index (κ2) is 7.97. The van der Waals surface area contributed by atoms with Crippen LogP contribution < -0.4 is 10.1 Å². The summed E-state index contributed by atoms with van der Waals surface area (Å²) in [6.07, 6.45) is 1.76. The summed E-state index contributed by atoms with van der Waals surface area (Å²) < 4.78 is 10.6. The van der Waals surface area contributed by atoms with E-state index in [4.69, 9.17) is 9.47 Å². The van der Waals surface area contributed by atoms with E-state index in [-0.39, 0.29) is 19.1 Å². The molecule has 1 amide bonds. The van der Waals surface area contributed by atoms with Crippen molar-refractivity contribution < 1.29 is 24.2 Å². The number of nitrogens with one attached hydrogen (secondary N) is 1. The minimum absolute atomic E-state index is 0.0999. The van der Waals surface area contributed by atoms with E-state index in [0.29, 0.717) is 31.8 Å². The van der Waals surface area contributed by atoms with Crippen molar-refractivity contribution in [3.8, 4) is 5.75 Å². The standard InChI is InChI=1S/C17H23NO5/c1-2-13-3-5-14(6-4-13)23-11-15(19)18-12-17(16(20)21)7-9-22-10-8-17/h3-6H,2,7-12H2,1H3,(H,18,19)(H,20,21). The maximum absolute atomic E-state index is 11.9. The number of hydrogen-bond donors (Lipinski definition) is 2. The van der Waals surface area contributed by atoms with Crippen LogP contribution in [-0.4, -0.2) is 43.3 Å². The number of aryl methyl sites for hydroxylation is 1. The summed E-state index contributed by atoms with van der Waals surface area (Å²) >= 11 is 0. The Hall–Kier alpha value is -2.08. The van der Waals surface area contributed by atoms with Crippen LogP contribution in [0.25, 0.3) is 0 Å². The van der Waals surface area contributed by atoms with Crippen LogP contribution in [0.15, 0.2) is 24.3 Å². The van der Waals surface area contributed by atoms with Gasteiger partial charge in [-0.05, 0) is 37.0 Å². The fourth-order valence-corrected chi connectivity index (χ4v) is 2.52. The molecule has 0 bridgehead atoms. The maximum Gasteiger partial charge on any atom is 0.311 e. The average Bonchev–Trinajstić information content (AvgIpc) is 2.59. The number of carboxylic acids is 1. The van der Waals surface area contributed by atoms with Crippen molar-refractivity contribution in [1.82, 2.24) is 5.32 Å². The molecule has 23 heavy (non-hydrogen) atoms. The first-order chi connectivity index (χ1) is 11.1. The molecular formula is C17H23NO5. The van der Waals surface area contributed by atoms with Crippen molar-refractivity contribution in [1.29, 1.82) is 0 Å². The number of carbonyl (C=O) groups is 2. The third-order valence-electron chi connectivity index (χ3n) is 4.23. The second-order valence-electron chi connectivity index (χ2n) is 5.76. The Labute approximate surface area is 135 Å². The molecule has 1 aliphatic rings. The molecular weight excluding hydrogens is 298 g/mol. The molecule has 0 atom stereocenters. The van der Waals surface area contributed by atoms with Gasteiger partial charge >= 0.3 is 5.97 Å². The summed E-state index contributed by atoms with van der Waals surface area (Å²) in [5.41, 5.74) is 0.265. The number of aliphatic carboxylic acids is 1. The first-order valence-electron chi connectivity index (χ1n) is 7.85. The van der Waals surface area contributed by atoms with Gasteiger partial charge in [-0.15, -0.1) is 0 Å². The van der Waals surface area contributed by atoms with Gasteiger partial charge in [0, 0.05) is 19.8 Å². The quantitative estimate of drug-likeness (QED) is 0.797. The fourth-order valence-electron chi connectivity index (χ4n) is 2.52. The van der Waals surface area contributed by atoms with Gasteiger partial charge in [0.05, 0.1) is 5.41 Å². The lowest BCUT2D eigenvalue weighted by atomic mass is 9.80. The molecule has 1 fully saturated rings. The molecule has 0 saturated carbocycles. The fraction of sp³-hybridized carbons (Fsp3) is 0.529. The Kier molecular flexibility index (Phi) is 5.98. The monoisotopic (exact) mass is 321 g/mol. The second-order valence-corrected chi connectivity index (χ2v) is 5.76. The number of carbonyl (C=O) groups excluding carboxylic acids is 1. The molecule has 1 heterocycles. The van der Waals surface area contributed by atoms with Gasteiger partial charge in [-0.25, -0.2) is 0 Å². The van der Waals surface area contributed by atoms with Crippen molar-refractivity contribution in [3.63, 3.8) is 0 Å². The zero-order valence-electron chi connectivity index (χ0n) is 13.3. The molecule has 0 aliphatic carbocycles. The van der Waals surface area contributed by atoms with Crippen LogP contribution in [0.1, 0.15) is 25.3 Å². The van der Waals surface area contributed by atoms with E-state index in [1.165, 1.54) is 5.56 Å². The van der Waals surface area contributed by atoms with E-state index in [1.807, 2.05) is 24.3 Å². The smallest absolute Gasteiger partial charge is 0.311 e. The minimum atomic E-state index is -0.934. The van der Waals surface area contributed by atoms with Gasteiger partial charge in [-0.3, -0.25) is 9.59 Å². The van der Waals surface area contributed by atoms with Gasteiger partial charge in [0.15, 0.2) is 6.61 Å². The van der Waals surface area contributed by atoms with Gasteiger partial charge in [-0.2, -0.15) is 0 Å². The first-order valence-corrected chi connectivity index (χ1v) is 7.85. The Balaban J connectivity index is 1.80. The molecule has 0 radical (unpaired) electrons. The van der Waals surface area contributed by atoms with Crippen LogP contribution in [0.5, 0.6) is 5.75 Å². The molecule has 1 aromatic rings. The molecule has 0 spiro atoms. The van der Waals surface area contributed by atoms with Crippen molar-refractivity contribution in [2.45, 2.75) is 26.2 Å².